The summed E-state index contributed by atoms with van der Waals surface area (Å²) in [4.78, 5) is 11.3. The van der Waals surface area contributed by atoms with E-state index in [9.17, 15) is 4.79 Å². The Morgan fingerprint density at radius 1 is 1.53 bits per heavy atom. The third-order valence-corrected chi connectivity index (χ3v) is 2.40. The third-order valence-electron chi connectivity index (χ3n) is 2.07. The highest BCUT2D eigenvalue weighted by molar-refractivity contribution is 6.33. The van der Waals surface area contributed by atoms with E-state index in [0.29, 0.717) is 11.4 Å². The van der Waals surface area contributed by atoms with E-state index < -0.39 is 0 Å². The van der Waals surface area contributed by atoms with E-state index in [1.54, 1.807) is 6.07 Å². The maximum Gasteiger partial charge on any atom is 0.256 e. The van der Waals surface area contributed by atoms with Gasteiger partial charge in [0.05, 0.1) is 10.7 Å². The minimum Gasteiger partial charge on any atom is -0.372 e. The van der Waals surface area contributed by atoms with Crippen LogP contribution in [0.15, 0.2) is 24.3 Å². The van der Waals surface area contributed by atoms with E-state index in [-0.39, 0.29) is 11.9 Å². The van der Waals surface area contributed by atoms with Crippen LogP contribution >= 0.6 is 11.6 Å². The van der Waals surface area contributed by atoms with Crippen molar-refractivity contribution in [3.63, 3.8) is 0 Å². The molecule has 1 unspecified atom stereocenters. The minimum atomic E-state index is -0.366. The summed E-state index contributed by atoms with van der Waals surface area (Å²) in [5.74, 6) is 4.82. The van der Waals surface area contributed by atoms with Crippen molar-refractivity contribution in [3.05, 3.63) is 29.3 Å². The number of hydrogen-bond acceptors (Lipinski definition) is 3. The molecule has 0 bridgehead atoms. The lowest BCUT2D eigenvalue weighted by molar-refractivity contribution is -0.121. The van der Waals surface area contributed by atoms with Gasteiger partial charge in [-0.2, -0.15) is 0 Å². The molecule has 4 nitrogen and oxygen atoms in total. The first kappa shape index (κ1) is 11.8. The fraction of sp³-hybridized carbons (Fsp3) is 0.300. The fourth-order valence-corrected chi connectivity index (χ4v) is 1.41. The number of hydrogen-bond donors (Lipinski definition) is 3. The number of carbonyl (C=O) groups is 1. The van der Waals surface area contributed by atoms with Gasteiger partial charge in [0.15, 0.2) is 0 Å². The number of nitrogens with two attached hydrogens (primary N) is 1. The zero-order valence-electron chi connectivity index (χ0n) is 8.46. The SMILES string of the molecule is CCC(Nc1ccccc1Cl)C(=O)NN. The Balaban J connectivity index is 2.75. The summed E-state index contributed by atoms with van der Waals surface area (Å²) in [6.07, 6.45) is 0.633. The molecule has 0 saturated carbocycles. The third kappa shape index (κ3) is 3.11. The molecule has 0 fully saturated rings. The molecule has 0 heterocycles. The van der Waals surface area contributed by atoms with Crippen molar-refractivity contribution in [2.45, 2.75) is 19.4 Å². The molecule has 0 aliphatic heterocycles. The molecule has 1 aromatic carbocycles. The highest BCUT2D eigenvalue weighted by Gasteiger charge is 2.15. The summed E-state index contributed by atoms with van der Waals surface area (Å²) >= 11 is 5.95. The first-order valence-corrected chi connectivity index (χ1v) is 5.08. The summed E-state index contributed by atoms with van der Waals surface area (Å²) in [5.41, 5.74) is 2.84. The molecule has 0 spiro atoms. The van der Waals surface area contributed by atoms with Crippen LogP contribution in [-0.2, 0) is 4.79 Å². The van der Waals surface area contributed by atoms with Gasteiger partial charge in [-0.1, -0.05) is 30.7 Å². The normalized spacial score (nSPS) is 11.9. The number of carbonyl (C=O) groups excluding carboxylic acids is 1. The van der Waals surface area contributed by atoms with Crippen molar-refractivity contribution in [1.82, 2.24) is 5.43 Å². The smallest absolute Gasteiger partial charge is 0.256 e. The molecule has 15 heavy (non-hydrogen) atoms. The van der Waals surface area contributed by atoms with Crippen LogP contribution in [0.1, 0.15) is 13.3 Å². The minimum absolute atomic E-state index is 0.252. The lowest BCUT2D eigenvalue weighted by Crippen LogP contribution is -2.42. The van der Waals surface area contributed by atoms with E-state index in [1.807, 2.05) is 25.1 Å². The monoisotopic (exact) mass is 227 g/mol. The van der Waals surface area contributed by atoms with E-state index >= 15 is 0 Å². The second kappa shape index (κ2) is 5.58. The number of amides is 1. The highest BCUT2D eigenvalue weighted by Crippen LogP contribution is 2.21. The van der Waals surface area contributed by atoms with Gasteiger partial charge < -0.3 is 5.32 Å². The van der Waals surface area contributed by atoms with Crippen molar-refractivity contribution in [2.24, 2.45) is 5.84 Å². The predicted octanol–water partition coefficient (Wildman–Crippen LogP) is 1.52. The Bertz CT molecular complexity index is 343. The van der Waals surface area contributed by atoms with Crippen LogP contribution < -0.4 is 16.6 Å². The molecule has 0 radical (unpaired) electrons. The standard InChI is InChI=1S/C10H14ClN3O/c1-2-8(10(15)14-12)13-9-6-4-3-5-7(9)11/h3-6,8,13H,2,12H2,1H3,(H,14,15). The number of rotatable bonds is 4. The van der Waals surface area contributed by atoms with Gasteiger partial charge in [-0.3, -0.25) is 10.2 Å². The second-order valence-electron chi connectivity index (χ2n) is 3.09. The molecular weight excluding hydrogens is 214 g/mol. The zero-order chi connectivity index (χ0) is 11.3. The van der Waals surface area contributed by atoms with Crippen LogP contribution in [-0.4, -0.2) is 11.9 Å². The molecule has 1 amide bonds. The number of para-hydroxylation sites is 1. The van der Waals surface area contributed by atoms with E-state index in [1.165, 1.54) is 0 Å². The lowest BCUT2D eigenvalue weighted by atomic mass is 10.2. The topological polar surface area (TPSA) is 67.2 Å². The molecule has 82 valence electrons. The summed E-state index contributed by atoms with van der Waals surface area (Å²) in [6, 6.07) is 6.89. The Kier molecular flexibility index (Phi) is 4.39. The fourth-order valence-electron chi connectivity index (χ4n) is 1.22. The van der Waals surface area contributed by atoms with Crippen LogP contribution in [0.4, 0.5) is 5.69 Å². The molecule has 0 aliphatic carbocycles. The van der Waals surface area contributed by atoms with Gasteiger partial charge in [0.1, 0.15) is 6.04 Å². The van der Waals surface area contributed by atoms with Gasteiger partial charge in [0.25, 0.3) is 5.91 Å². The number of nitrogens with one attached hydrogen (secondary N) is 2. The van der Waals surface area contributed by atoms with Gasteiger partial charge in [-0.05, 0) is 18.6 Å². The Morgan fingerprint density at radius 2 is 2.20 bits per heavy atom. The maximum absolute atomic E-state index is 11.3. The highest BCUT2D eigenvalue weighted by atomic mass is 35.5. The largest absolute Gasteiger partial charge is 0.372 e. The summed E-state index contributed by atoms with van der Waals surface area (Å²) < 4.78 is 0. The Labute approximate surface area is 93.8 Å². The molecule has 1 rings (SSSR count). The van der Waals surface area contributed by atoms with Gasteiger partial charge in [-0.15, -0.1) is 0 Å². The first-order valence-electron chi connectivity index (χ1n) is 4.70. The molecule has 0 saturated heterocycles. The molecule has 5 heteroatoms. The lowest BCUT2D eigenvalue weighted by Gasteiger charge is -2.17. The second-order valence-corrected chi connectivity index (χ2v) is 3.50. The molecule has 1 atom stereocenters. The van der Waals surface area contributed by atoms with Gasteiger partial charge in [0, 0.05) is 0 Å². The van der Waals surface area contributed by atoms with Gasteiger partial charge in [0.2, 0.25) is 0 Å². The van der Waals surface area contributed by atoms with Crippen LogP contribution in [0.5, 0.6) is 0 Å². The molecule has 4 N–H and O–H groups in total. The van der Waals surface area contributed by atoms with Crippen LogP contribution in [0, 0.1) is 0 Å². The number of halogens is 1. The zero-order valence-corrected chi connectivity index (χ0v) is 9.21. The average Bonchev–Trinajstić information content (AvgIpc) is 2.27. The van der Waals surface area contributed by atoms with Crippen LogP contribution in [0.25, 0.3) is 0 Å². The van der Waals surface area contributed by atoms with Gasteiger partial charge >= 0.3 is 0 Å². The molecular formula is C10H14ClN3O. The average molecular weight is 228 g/mol. The van der Waals surface area contributed by atoms with E-state index in [4.69, 9.17) is 17.4 Å². The summed E-state index contributed by atoms with van der Waals surface area (Å²) in [6.45, 7) is 1.89. The van der Waals surface area contributed by atoms with E-state index in [2.05, 4.69) is 10.7 Å². The van der Waals surface area contributed by atoms with Crippen molar-refractivity contribution in [3.8, 4) is 0 Å². The number of anilines is 1. The molecule has 0 aliphatic rings. The van der Waals surface area contributed by atoms with Crippen LogP contribution in [0.3, 0.4) is 0 Å². The predicted molar refractivity (Wildman–Crippen MR) is 61.5 cm³/mol. The van der Waals surface area contributed by atoms with Crippen molar-refractivity contribution in [2.75, 3.05) is 5.32 Å². The Morgan fingerprint density at radius 3 is 2.73 bits per heavy atom. The van der Waals surface area contributed by atoms with Crippen molar-refractivity contribution in [1.29, 1.82) is 0 Å². The van der Waals surface area contributed by atoms with Crippen molar-refractivity contribution >= 4 is 23.2 Å². The van der Waals surface area contributed by atoms with Crippen molar-refractivity contribution < 1.29 is 4.79 Å². The van der Waals surface area contributed by atoms with Gasteiger partial charge in [-0.25, -0.2) is 5.84 Å². The Hall–Kier alpha value is -1.26. The quantitative estimate of drug-likeness (QED) is 0.415. The van der Waals surface area contributed by atoms with Crippen LogP contribution in [0.2, 0.25) is 5.02 Å². The van der Waals surface area contributed by atoms with E-state index in [0.717, 1.165) is 5.69 Å². The maximum atomic E-state index is 11.3. The number of hydrazine groups is 1. The number of benzene rings is 1. The molecule has 1 aromatic rings. The molecule has 0 aromatic heterocycles. The first-order chi connectivity index (χ1) is 7.19. The summed E-state index contributed by atoms with van der Waals surface area (Å²) in [5, 5.41) is 3.61. The summed E-state index contributed by atoms with van der Waals surface area (Å²) in [7, 11) is 0.